The van der Waals surface area contributed by atoms with Crippen LogP contribution >= 0.6 is 0 Å². The van der Waals surface area contributed by atoms with E-state index in [1.165, 1.54) is 6.33 Å². The maximum atomic E-state index is 5.92. The summed E-state index contributed by atoms with van der Waals surface area (Å²) in [6.45, 7) is 0. The first-order valence-electron chi connectivity index (χ1n) is 7.27. The maximum Gasteiger partial charge on any atom is 0.141 e. The number of aliphatic imine (C=N–C) groups is 1. The van der Waals surface area contributed by atoms with E-state index in [0.29, 0.717) is 12.1 Å². The van der Waals surface area contributed by atoms with E-state index >= 15 is 0 Å². The standard InChI is InChI=1S/C15H20N6/c16-7-10(8-19-12-3-1-11(17)2-4-12)14-13-5-6-18-15(13)21-9-20-14/h5-9,11-12H,1-4,16-17H2,(H,18,20,21). The molecule has 0 bridgehead atoms. The molecule has 0 spiro atoms. The van der Waals surface area contributed by atoms with E-state index in [4.69, 9.17) is 11.5 Å². The molecule has 0 aliphatic heterocycles. The van der Waals surface area contributed by atoms with Gasteiger partial charge in [0.05, 0.1) is 11.7 Å². The van der Waals surface area contributed by atoms with Crippen LogP contribution in [0, 0.1) is 0 Å². The molecule has 0 aromatic carbocycles. The predicted molar refractivity (Wildman–Crippen MR) is 84.8 cm³/mol. The normalized spacial score (nSPS) is 24.0. The molecule has 2 aromatic rings. The maximum absolute atomic E-state index is 5.92. The minimum absolute atomic E-state index is 0.335. The number of H-pyrrole nitrogens is 1. The summed E-state index contributed by atoms with van der Waals surface area (Å²) in [6, 6.07) is 2.62. The average molecular weight is 284 g/mol. The second-order valence-electron chi connectivity index (χ2n) is 5.43. The van der Waals surface area contributed by atoms with Crippen molar-refractivity contribution in [1.82, 2.24) is 15.0 Å². The van der Waals surface area contributed by atoms with Gasteiger partial charge in [-0.25, -0.2) is 9.97 Å². The summed E-state index contributed by atoms with van der Waals surface area (Å²) in [4.78, 5) is 16.2. The molecular formula is C15H20N6. The van der Waals surface area contributed by atoms with Gasteiger partial charge in [-0.15, -0.1) is 0 Å². The highest BCUT2D eigenvalue weighted by molar-refractivity contribution is 6.13. The van der Waals surface area contributed by atoms with Crippen LogP contribution in [0.15, 0.2) is 29.8 Å². The molecule has 1 aliphatic rings. The molecule has 1 aliphatic carbocycles. The molecule has 3 rings (SSSR count). The number of rotatable bonds is 3. The van der Waals surface area contributed by atoms with Crippen molar-refractivity contribution in [3.63, 3.8) is 0 Å². The smallest absolute Gasteiger partial charge is 0.141 e. The van der Waals surface area contributed by atoms with E-state index in [-0.39, 0.29) is 0 Å². The van der Waals surface area contributed by atoms with Gasteiger partial charge in [-0.2, -0.15) is 0 Å². The number of nitrogens with two attached hydrogens (primary N) is 2. The molecule has 0 unspecified atom stereocenters. The number of hydrogen-bond donors (Lipinski definition) is 3. The average Bonchev–Trinajstić information content (AvgIpc) is 2.99. The lowest BCUT2D eigenvalue weighted by molar-refractivity contribution is 0.397. The van der Waals surface area contributed by atoms with E-state index < -0.39 is 0 Å². The predicted octanol–water partition coefficient (Wildman–Crippen LogP) is 1.60. The highest BCUT2D eigenvalue weighted by Gasteiger charge is 2.17. The Bertz CT molecular complexity index is 664. The van der Waals surface area contributed by atoms with Crippen LogP contribution in [0.1, 0.15) is 31.4 Å². The van der Waals surface area contributed by atoms with Crippen LogP contribution in [0.3, 0.4) is 0 Å². The monoisotopic (exact) mass is 284 g/mol. The molecule has 0 amide bonds. The summed E-state index contributed by atoms with van der Waals surface area (Å²) < 4.78 is 0. The second kappa shape index (κ2) is 6.05. The summed E-state index contributed by atoms with van der Waals surface area (Å²) in [5.41, 5.74) is 14.1. The Morgan fingerprint density at radius 3 is 2.86 bits per heavy atom. The van der Waals surface area contributed by atoms with Crippen LogP contribution in [-0.4, -0.2) is 33.3 Å². The second-order valence-corrected chi connectivity index (χ2v) is 5.43. The van der Waals surface area contributed by atoms with Crippen molar-refractivity contribution in [2.24, 2.45) is 16.5 Å². The van der Waals surface area contributed by atoms with Crippen molar-refractivity contribution in [1.29, 1.82) is 0 Å². The number of aromatic nitrogens is 3. The van der Waals surface area contributed by atoms with Crippen LogP contribution in [0.2, 0.25) is 0 Å². The van der Waals surface area contributed by atoms with Crippen molar-refractivity contribution < 1.29 is 0 Å². The first-order chi connectivity index (χ1) is 10.3. The molecule has 0 atom stereocenters. The van der Waals surface area contributed by atoms with E-state index in [1.54, 1.807) is 6.20 Å². The van der Waals surface area contributed by atoms with E-state index in [0.717, 1.165) is 48.0 Å². The van der Waals surface area contributed by atoms with Crippen molar-refractivity contribution in [3.05, 3.63) is 30.5 Å². The fourth-order valence-electron chi connectivity index (χ4n) is 2.72. The lowest BCUT2D eigenvalue weighted by atomic mass is 9.92. The van der Waals surface area contributed by atoms with Gasteiger partial charge in [-0.1, -0.05) is 0 Å². The number of nitrogens with zero attached hydrogens (tertiary/aromatic N) is 3. The summed E-state index contributed by atoms with van der Waals surface area (Å²) >= 11 is 0. The number of fused-ring (bicyclic) bond motifs is 1. The van der Waals surface area contributed by atoms with Crippen LogP contribution in [0.5, 0.6) is 0 Å². The van der Waals surface area contributed by atoms with Gasteiger partial charge in [0.15, 0.2) is 0 Å². The Hall–Kier alpha value is -2.21. The van der Waals surface area contributed by atoms with Gasteiger partial charge in [0.1, 0.15) is 12.0 Å². The van der Waals surface area contributed by atoms with Crippen molar-refractivity contribution in [2.75, 3.05) is 0 Å². The summed E-state index contributed by atoms with van der Waals surface area (Å²) in [7, 11) is 0. The molecular weight excluding hydrogens is 264 g/mol. The van der Waals surface area contributed by atoms with Crippen LogP contribution in [-0.2, 0) is 0 Å². The topological polar surface area (TPSA) is 106 Å². The molecule has 0 saturated heterocycles. The zero-order valence-corrected chi connectivity index (χ0v) is 11.9. The third kappa shape index (κ3) is 2.95. The molecule has 0 radical (unpaired) electrons. The number of aromatic amines is 1. The molecule has 2 heterocycles. The first-order valence-corrected chi connectivity index (χ1v) is 7.27. The van der Waals surface area contributed by atoms with Gasteiger partial charge in [0.25, 0.3) is 0 Å². The largest absolute Gasteiger partial charge is 0.404 e. The van der Waals surface area contributed by atoms with E-state index in [2.05, 4.69) is 19.9 Å². The van der Waals surface area contributed by atoms with Crippen LogP contribution in [0.25, 0.3) is 16.6 Å². The Labute approximate surface area is 123 Å². The summed E-state index contributed by atoms with van der Waals surface area (Å²) in [5, 5.41) is 0.950. The lowest BCUT2D eigenvalue weighted by Crippen LogP contribution is -2.28. The van der Waals surface area contributed by atoms with Gasteiger partial charge in [0.2, 0.25) is 0 Å². The first kappa shape index (κ1) is 13.8. The van der Waals surface area contributed by atoms with Crippen molar-refractivity contribution in [2.45, 2.75) is 37.8 Å². The molecule has 1 saturated carbocycles. The highest BCUT2D eigenvalue weighted by atomic mass is 14.9. The Morgan fingerprint density at radius 1 is 1.29 bits per heavy atom. The highest BCUT2D eigenvalue weighted by Crippen LogP contribution is 2.22. The van der Waals surface area contributed by atoms with Gasteiger partial charge < -0.3 is 16.5 Å². The van der Waals surface area contributed by atoms with Crippen molar-refractivity contribution >= 4 is 22.8 Å². The van der Waals surface area contributed by atoms with E-state index in [1.807, 2.05) is 18.5 Å². The van der Waals surface area contributed by atoms with E-state index in [9.17, 15) is 0 Å². The molecule has 21 heavy (non-hydrogen) atoms. The van der Waals surface area contributed by atoms with Gasteiger partial charge >= 0.3 is 0 Å². The molecule has 6 nitrogen and oxygen atoms in total. The molecule has 2 aromatic heterocycles. The van der Waals surface area contributed by atoms with Gasteiger partial charge in [-0.05, 0) is 31.7 Å². The zero-order chi connectivity index (χ0) is 14.7. The SMILES string of the molecule is NC=C(C=NC1CCC(N)CC1)c1ncnc2[nH]ccc12. The minimum atomic E-state index is 0.335. The molecule has 5 N–H and O–H groups in total. The number of nitrogens with one attached hydrogen (secondary N) is 1. The fourth-order valence-corrected chi connectivity index (χ4v) is 2.72. The molecule has 6 heteroatoms. The quantitative estimate of drug-likeness (QED) is 0.744. The minimum Gasteiger partial charge on any atom is -0.404 e. The zero-order valence-electron chi connectivity index (χ0n) is 11.9. The Balaban J connectivity index is 1.81. The Kier molecular flexibility index (Phi) is 3.96. The van der Waals surface area contributed by atoms with Gasteiger partial charge in [-0.3, -0.25) is 4.99 Å². The molecule has 110 valence electrons. The molecule has 1 fully saturated rings. The number of allylic oxidation sites excluding steroid dienone is 1. The third-order valence-electron chi connectivity index (χ3n) is 3.97. The van der Waals surface area contributed by atoms with Crippen LogP contribution < -0.4 is 11.5 Å². The fraction of sp³-hybridized carbons (Fsp3) is 0.400. The lowest BCUT2D eigenvalue weighted by Gasteiger charge is -2.22. The van der Waals surface area contributed by atoms with Gasteiger partial charge in [0, 0.05) is 35.6 Å². The summed E-state index contributed by atoms with van der Waals surface area (Å²) in [5.74, 6) is 0. The summed E-state index contributed by atoms with van der Waals surface area (Å²) in [6.07, 6.45) is 10.9. The third-order valence-corrected chi connectivity index (χ3v) is 3.97. The Morgan fingerprint density at radius 2 is 2.10 bits per heavy atom. The van der Waals surface area contributed by atoms with Crippen molar-refractivity contribution in [3.8, 4) is 0 Å². The van der Waals surface area contributed by atoms with Crippen LogP contribution in [0.4, 0.5) is 0 Å². The number of hydrogen-bond acceptors (Lipinski definition) is 5.